The molecule has 0 aromatic heterocycles. The Kier molecular flexibility index (Phi) is 5.27. The fourth-order valence-electron chi connectivity index (χ4n) is 4.01. The maximum absolute atomic E-state index is 13.0. The van der Waals surface area contributed by atoms with Crippen molar-refractivity contribution < 1.29 is 9.59 Å². The van der Waals surface area contributed by atoms with Gasteiger partial charge in [-0.2, -0.15) is 0 Å². The summed E-state index contributed by atoms with van der Waals surface area (Å²) >= 11 is 1.44. The first-order valence-corrected chi connectivity index (χ1v) is 10.5. The van der Waals surface area contributed by atoms with E-state index in [9.17, 15) is 9.59 Å². The topological polar surface area (TPSA) is 49.4 Å². The van der Waals surface area contributed by atoms with Gasteiger partial charge in [-0.15, -0.1) is 0 Å². The van der Waals surface area contributed by atoms with Gasteiger partial charge in [-0.25, -0.2) is 0 Å². The lowest BCUT2D eigenvalue weighted by molar-refractivity contribution is -0.112. The number of benzene rings is 2. The molecule has 1 saturated heterocycles. The lowest BCUT2D eigenvalue weighted by atomic mass is 9.91. The molecule has 0 aliphatic carbocycles. The number of rotatable bonds is 2. The van der Waals surface area contributed by atoms with Crippen LogP contribution in [0.25, 0.3) is 6.08 Å². The van der Waals surface area contributed by atoms with E-state index in [1.54, 1.807) is 0 Å². The summed E-state index contributed by atoms with van der Waals surface area (Å²) in [6.45, 7) is 5.98. The van der Waals surface area contributed by atoms with Gasteiger partial charge < -0.3 is 10.2 Å². The van der Waals surface area contributed by atoms with Crippen molar-refractivity contribution in [3.05, 3.63) is 64.6 Å². The zero-order chi connectivity index (χ0) is 19.7. The highest BCUT2D eigenvalue weighted by atomic mass is 32.2. The number of likely N-dealkylation sites (tertiary alicyclic amines) is 1. The standard InChI is InChI=1S/C23H24N2O2S/c1-15-10-16(2)14-25(13-15)23(27)18-8-9-20-19(12-18)24-22(26)21(28-20)11-17-6-4-3-5-7-17/h3-9,11-12,15-16H,10,13-14H2,1-2H3,(H,24,26)/b21-11-/t15-,16-/m1/s1. The van der Waals surface area contributed by atoms with Gasteiger partial charge in [-0.3, -0.25) is 9.59 Å². The van der Waals surface area contributed by atoms with E-state index in [0.29, 0.717) is 28.0 Å². The number of nitrogens with one attached hydrogen (secondary N) is 1. The molecule has 0 radical (unpaired) electrons. The first kappa shape index (κ1) is 18.8. The highest BCUT2D eigenvalue weighted by Crippen LogP contribution is 2.39. The monoisotopic (exact) mass is 392 g/mol. The van der Waals surface area contributed by atoms with Gasteiger partial charge in [-0.05, 0) is 48.1 Å². The Hall–Kier alpha value is -2.53. The fourth-order valence-corrected chi connectivity index (χ4v) is 4.94. The number of amides is 2. The van der Waals surface area contributed by atoms with Crippen molar-refractivity contribution in [3.8, 4) is 0 Å². The molecule has 144 valence electrons. The van der Waals surface area contributed by atoms with Crippen molar-refractivity contribution in [1.82, 2.24) is 4.90 Å². The quantitative estimate of drug-likeness (QED) is 0.740. The molecule has 28 heavy (non-hydrogen) atoms. The molecule has 4 rings (SSSR count). The van der Waals surface area contributed by atoms with Crippen molar-refractivity contribution in [1.29, 1.82) is 0 Å². The smallest absolute Gasteiger partial charge is 0.262 e. The molecule has 0 spiro atoms. The third-order valence-electron chi connectivity index (χ3n) is 5.17. The molecule has 5 heteroatoms. The molecule has 1 N–H and O–H groups in total. The number of fused-ring (bicyclic) bond motifs is 1. The average Bonchev–Trinajstić information content (AvgIpc) is 2.68. The van der Waals surface area contributed by atoms with Gasteiger partial charge >= 0.3 is 0 Å². The molecule has 2 aliphatic heterocycles. The molecule has 0 unspecified atom stereocenters. The van der Waals surface area contributed by atoms with Crippen molar-refractivity contribution in [2.45, 2.75) is 25.2 Å². The van der Waals surface area contributed by atoms with E-state index in [2.05, 4.69) is 19.2 Å². The molecular weight excluding hydrogens is 368 g/mol. The van der Waals surface area contributed by atoms with Crippen molar-refractivity contribution >= 4 is 35.3 Å². The van der Waals surface area contributed by atoms with Crippen LogP contribution >= 0.6 is 11.8 Å². The number of nitrogens with zero attached hydrogens (tertiary/aromatic N) is 1. The van der Waals surface area contributed by atoms with E-state index >= 15 is 0 Å². The molecule has 2 atom stereocenters. The summed E-state index contributed by atoms with van der Waals surface area (Å²) in [5, 5.41) is 2.95. The zero-order valence-corrected chi connectivity index (χ0v) is 17.0. The van der Waals surface area contributed by atoms with Crippen LogP contribution in [0.2, 0.25) is 0 Å². The van der Waals surface area contributed by atoms with Crippen LogP contribution in [0, 0.1) is 11.8 Å². The zero-order valence-electron chi connectivity index (χ0n) is 16.1. The number of thioether (sulfide) groups is 1. The average molecular weight is 393 g/mol. The third kappa shape index (κ3) is 3.99. The van der Waals surface area contributed by atoms with Crippen LogP contribution in [0.15, 0.2) is 58.3 Å². The minimum atomic E-state index is -0.133. The number of piperidine rings is 1. The Morgan fingerprint density at radius 1 is 1.11 bits per heavy atom. The Labute approximate surface area is 170 Å². The Balaban J connectivity index is 1.55. The fraction of sp³-hybridized carbons (Fsp3) is 0.304. The van der Waals surface area contributed by atoms with E-state index in [0.717, 1.165) is 30.0 Å². The lowest BCUT2D eigenvalue weighted by Gasteiger charge is -2.35. The van der Waals surface area contributed by atoms with Crippen LogP contribution in [-0.2, 0) is 4.79 Å². The second-order valence-corrected chi connectivity index (χ2v) is 8.93. The molecule has 2 amide bonds. The van der Waals surface area contributed by atoms with E-state index in [1.165, 1.54) is 11.8 Å². The van der Waals surface area contributed by atoms with Gasteiger partial charge in [0.2, 0.25) is 0 Å². The van der Waals surface area contributed by atoms with Crippen LogP contribution < -0.4 is 5.32 Å². The maximum Gasteiger partial charge on any atom is 0.262 e. The van der Waals surface area contributed by atoms with Crippen LogP contribution in [0.4, 0.5) is 5.69 Å². The van der Waals surface area contributed by atoms with E-state index in [4.69, 9.17) is 0 Å². The van der Waals surface area contributed by atoms with Gasteiger partial charge in [0.15, 0.2) is 0 Å². The first-order chi connectivity index (χ1) is 13.5. The molecule has 2 aliphatic rings. The second-order valence-electron chi connectivity index (χ2n) is 7.84. The van der Waals surface area contributed by atoms with Crippen LogP contribution in [0.5, 0.6) is 0 Å². The van der Waals surface area contributed by atoms with Gasteiger partial charge in [0.05, 0.1) is 10.6 Å². The summed E-state index contributed by atoms with van der Waals surface area (Å²) in [5.74, 6) is 0.953. The summed E-state index contributed by atoms with van der Waals surface area (Å²) in [4.78, 5) is 29.0. The second kappa shape index (κ2) is 7.84. The molecule has 2 heterocycles. The van der Waals surface area contributed by atoms with Crippen molar-refractivity contribution in [2.24, 2.45) is 11.8 Å². The molecular formula is C23H24N2O2S. The summed E-state index contributed by atoms with van der Waals surface area (Å²) in [6.07, 6.45) is 3.05. The van der Waals surface area contributed by atoms with Crippen molar-refractivity contribution in [2.75, 3.05) is 18.4 Å². The van der Waals surface area contributed by atoms with Gasteiger partial charge in [0.25, 0.3) is 11.8 Å². The molecule has 4 nitrogen and oxygen atoms in total. The van der Waals surface area contributed by atoms with Gasteiger partial charge in [0.1, 0.15) is 0 Å². The van der Waals surface area contributed by atoms with Gasteiger partial charge in [0, 0.05) is 23.5 Å². The highest BCUT2D eigenvalue weighted by Gasteiger charge is 2.28. The number of carbonyl (C=O) groups excluding carboxylic acids is 2. The molecule has 2 aromatic carbocycles. The summed E-state index contributed by atoms with van der Waals surface area (Å²) in [5.41, 5.74) is 2.34. The summed E-state index contributed by atoms with van der Waals surface area (Å²) in [6, 6.07) is 15.4. The maximum atomic E-state index is 13.0. The number of hydrogen-bond acceptors (Lipinski definition) is 3. The van der Waals surface area contributed by atoms with E-state index < -0.39 is 0 Å². The Morgan fingerprint density at radius 3 is 2.54 bits per heavy atom. The molecule has 2 aromatic rings. The van der Waals surface area contributed by atoms with Crippen LogP contribution in [0.1, 0.15) is 36.2 Å². The predicted octanol–water partition coefficient (Wildman–Crippen LogP) is 4.89. The number of anilines is 1. The van der Waals surface area contributed by atoms with E-state index in [1.807, 2.05) is 59.5 Å². The van der Waals surface area contributed by atoms with Gasteiger partial charge in [-0.1, -0.05) is 55.9 Å². The summed E-state index contributed by atoms with van der Waals surface area (Å²) < 4.78 is 0. The van der Waals surface area contributed by atoms with Crippen LogP contribution in [-0.4, -0.2) is 29.8 Å². The minimum Gasteiger partial charge on any atom is -0.338 e. The Morgan fingerprint density at radius 2 is 1.82 bits per heavy atom. The number of hydrogen-bond donors (Lipinski definition) is 1. The first-order valence-electron chi connectivity index (χ1n) is 9.69. The van der Waals surface area contributed by atoms with E-state index in [-0.39, 0.29) is 11.8 Å². The lowest BCUT2D eigenvalue weighted by Crippen LogP contribution is -2.42. The summed E-state index contributed by atoms with van der Waals surface area (Å²) in [7, 11) is 0. The third-order valence-corrected chi connectivity index (χ3v) is 6.27. The number of carbonyl (C=O) groups is 2. The Bertz CT molecular complexity index is 929. The predicted molar refractivity (Wildman–Crippen MR) is 114 cm³/mol. The highest BCUT2D eigenvalue weighted by molar-refractivity contribution is 8.04. The minimum absolute atomic E-state index is 0.0473. The molecule has 1 fully saturated rings. The normalized spacial score (nSPS) is 23.3. The van der Waals surface area contributed by atoms with Crippen molar-refractivity contribution in [3.63, 3.8) is 0 Å². The largest absolute Gasteiger partial charge is 0.338 e. The molecule has 0 bridgehead atoms. The molecule has 0 saturated carbocycles. The van der Waals surface area contributed by atoms with Crippen LogP contribution in [0.3, 0.4) is 0 Å². The SMILES string of the molecule is C[C@@H]1C[C@@H](C)CN(C(=O)c2ccc3c(c2)NC(=O)/C(=C/c2ccccc2)S3)C1.